The third-order valence-corrected chi connectivity index (χ3v) is 8.34. The van der Waals surface area contributed by atoms with Gasteiger partial charge in [0.15, 0.2) is 0 Å². The number of benzene rings is 2. The quantitative estimate of drug-likeness (QED) is 0.397. The van der Waals surface area contributed by atoms with Crippen molar-refractivity contribution in [2.45, 2.75) is 88.1 Å². The number of likely N-dealkylation sites (tertiary alicyclic amines) is 1. The number of carboxylic acids is 1. The van der Waals surface area contributed by atoms with E-state index in [0.29, 0.717) is 25.9 Å². The Bertz CT molecular complexity index is 1140. The second kappa shape index (κ2) is 13.0. The summed E-state index contributed by atoms with van der Waals surface area (Å²) in [6.45, 7) is 4.54. The first kappa shape index (κ1) is 30.6. The minimum absolute atomic E-state index is 0. The number of carboxylic acid groups (broad SMARTS) is 1. The van der Waals surface area contributed by atoms with Crippen LogP contribution in [0.15, 0.2) is 54.6 Å². The zero-order valence-corrected chi connectivity index (χ0v) is 23.8. The van der Waals surface area contributed by atoms with E-state index in [2.05, 4.69) is 35.6 Å². The van der Waals surface area contributed by atoms with Gasteiger partial charge >= 0.3 is 5.97 Å². The van der Waals surface area contributed by atoms with Gasteiger partial charge in [-0.25, -0.2) is 0 Å². The molecule has 2 aromatic carbocycles. The van der Waals surface area contributed by atoms with Crippen molar-refractivity contribution in [1.82, 2.24) is 10.2 Å². The molecule has 0 saturated carbocycles. The van der Waals surface area contributed by atoms with Crippen molar-refractivity contribution >= 4 is 30.2 Å². The standard InChI is InChI=1S/C31H41N3O4.ClH/c1-30(2,32)29(38)33-26(14-8-11-22-9-4-3-5-10-22)28(37)34-19-17-31(18-20-34)21-23(15-16-27(35)36)24-12-6-7-13-25(24)31;/h3-7,9-10,12-13,23,26H,8,11,14-21,32H2,1-2H3,(H,33,38)(H,35,36);1H/t23?,26-;/m1./s1. The maximum Gasteiger partial charge on any atom is 0.303 e. The number of aryl methyl sites for hydroxylation is 1. The number of hydrogen-bond donors (Lipinski definition) is 3. The molecule has 0 radical (unpaired) electrons. The molecule has 2 aromatic rings. The molecule has 39 heavy (non-hydrogen) atoms. The summed E-state index contributed by atoms with van der Waals surface area (Å²) < 4.78 is 0. The summed E-state index contributed by atoms with van der Waals surface area (Å²) in [5.74, 6) is -0.888. The van der Waals surface area contributed by atoms with Gasteiger partial charge in [0.1, 0.15) is 6.04 Å². The molecule has 4 rings (SSSR count). The number of carbonyl (C=O) groups excluding carboxylic acids is 2. The van der Waals surface area contributed by atoms with Crippen LogP contribution >= 0.6 is 12.4 Å². The van der Waals surface area contributed by atoms with Crippen molar-refractivity contribution < 1.29 is 19.5 Å². The Labute approximate surface area is 237 Å². The number of halogens is 1. The summed E-state index contributed by atoms with van der Waals surface area (Å²) in [6, 6.07) is 18.0. The number of carbonyl (C=O) groups is 3. The molecule has 2 aliphatic rings. The molecule has 1 heterocycles. The van der Waals surface area contributed by atoms with Crippen LogP contribution in [0.25, 0.3) is 0 Å². The summed E-state index contributed by atoms with van der Waals surface area (Å²) >= 11 is 0. The van der Waals surface area contributed by atoms with E-state index in [-0.39, 0.29) is 42.0 Å². The Morgan fingerprint density at radius 1 is 1.08 bits per heavy atom. The lowest BCUT2D eigenvalue weighted by Crippen LogP contribution is -2.57. The fourth-order valence-electron chi connectivity index (χ4n) is 6.19. The average molecular weight is 556 g/mol. The minimum Gasteiger partial charge on any atom is -0.481 e. The van der Waals surface area contributed by atoms with Crippen LogP contribution in [0.1, 0.15) is 81.4 Å². The van der Waals surface area contributed by atoms with E-state index in [1.54, 1.807) is 13.8 Å². The molecule has 1 saturated heterocycles. The number of nitrogens with zero attached hydrogens (tertiary/aromatic N) is 1. The van der Waals surface area contributed by atoms with Crippen LogP contribution < -0.4 is 11.1 Å². The normalized spacial score (nSPS) is 18.6. The van der Waals surface area contributed by atoms with Crippen LogP contribution in [0.3, 0.4) is 0 Å². The molecule has 212 valence electrons. The van der Waals surface area contributed by atoms with E-state index in [1.807, 2.05) is 29.2 Å². The summed E-state index contributed by atoms with van der Waals surface area (Å²) in [5, 5.41) is 12.2. The average Bonchev–Trinajstić information content (AvgIpc) is 3.20. The monoisotopic (exact) mass is 555 g/mol. The van der Waals surface area contributed by atoms with Crippen molar-refractivity contribution in [2.75, 3.05) is 13.1 Å². The summed E-state index contributed by atoms with van der Waals surface area (Å²) in [7, 11) is 0. The second-order valence-corrected chi connectivity index (χ2v) is 11.7. The number of hydrogen-bond acceptors (Lipinski definition) is 4. The maximum atomic E-state index is 13.7. The summed E-state index contributed by atoms with van der Waals surface area (Å²) in [4.78, 5) is 39.6. The van der Waals surface area contributed by atoms with Gasteiger partial charge in [-0.3, -0.25) is 14.4 Å². The van der Waals surface area contributed by atoms with Crippen molar-refractivity contribution in [1.29, 1.82) is 0 Å². The van der Waals surface area contributed by atoms with Gasteiger partial charge in [-0.2, -0.15) is 0 Å². The number of aliphatic carboxylic acids is 1. The van der Waals surface area contributed by atoms with Gasteiger partial charge in [-0.1, -0.05) is 54.6 Å². The van der Waals surface area contributed by atoms with Crippen LogP contribution in [0.2, 0.25) is 0 Å². The lowest BCUT2D eigenvalue weighted by molar-refractivity contribution is -0.139. The molecule has 4 N–H and O–H groups in total. The number of piperidine rings is 1. The Balaban J connectivity index is 0.00000420. The van der Waals surface area contributed by atoms with E-state index in [1.165, 1.54) is 16.7 Å². The van der Waals surface area contributed by atoms with Crippen LogP contribution in [-0.2, 0) is 26.2 Å². The molecule has 8 heteroatoms. The van der Waals surface area contributed by atoms with Crippen molar-refractivity contribution in [3.63, 3.8) is 0 Å². The van der Waals surface area contributed by atoms with Gasteiger partial charge < -0.3 is 21.1 Å². The van der Waals surface area contributed by atoms with E-state index in [9.17, 15) is 19.5 Å². The number of rotatable bonds is 10. The van der Waals surface area contributed by atoms with E-state index >= 15 is 0 Å². The Morgan fingerprint density at radius 3 is 2.36 bits per heavy atom. The zero-order chi connectivity index (χ0) is 27.3. The number of nitrogens with one attached hydrogen (secondary N) is 1. The smallest absolute Gasteiger partial charge is 0.303 e. The lowest BCUT2D eigenvalue weighted by Gasteiger charge is -2.41. The fraction of sp³-hybridized carbons (Fsp3) is 0.516. The first-order valence-electron chi connectivity index (χ1n) is 13.8. The molecule has 1 spiro atoms. The molecule has 7 nitrogen and oxygen atoms in total. The molecule has 1 unspecified atom stereocenters. The van der Waals surface area contributed by atoms with E-state index in [0.717, 1.165) is 32.1 Å². The predicted octanol–water partition coefficient (Wildman–Crippen LogP) is 4.57. The highest BCUT2D eigenvalue weighted by atomic mass is 35.5. The highest BCUT2D eigenvalue weighted by Crippen LogP contribution is 2.53. The predicted molar refractivity (Wildman–Crippen MR) is 155 cm³/mol. The van der Waals surface area contributed by atoms with Gasteiger partial charge in [0, 0.05) is 19.5 Å². The Kier molecular flexibility index (Phi) is 10.2. The molecule has 2 amide bonds. The second-order valence-electron chi connectivity index (χ2n) is 11.7. The zero-order valence-electron chi connectivity index (χ0n) is 23.0. The van der Waals surface area contributed by atoms with Crippen molar-refractivity contribution in [3.05, 3.63) is 71.3 Å². The van der Waals surface area contributed by atoms with Crippen molar-refractivity contribution in [3.8, 4) is 0 Å². The largest absolute Gasteiger partial charge is 0.481 e. The van der Waals surface area contributed by atoms with Crippen LogP contribution in [0.4, 0.5) is 0 Å². The Morgan fingerprint density at radius 2 is 1.72 bits per heavy atom. The van der Waals surface area contributed by atoms with Crippen LogP contribution in [-0.4, -0.2) is 52.5 Å². The molecule has 0 aromatic heterocycles. The van der Waals surface area contributed by atoms with E-state index < -0.39 is 17.6 Å². The Hall–Kier alpha value is -2.90. The molecular formula is C31H42ClN3O4. The summed E-state index contributed by atoms with van der Waals surface area (Å²) in [6.07, 6.45) is 5.59. The van der Waals surface area contributed by atoms with Gasteiger partial charge in [0.05, 0.1) is 5.54 Å². The first-order chi connectivity index (χ1) is 18.1. The van der Waals surface area contributed by atoms with Gasteiger partial charge in [0.2, 0.25) is 11.8 Å². The van der Waals surface area contributed by atoms with Crippen molar-refractivity contribution in [2.24, 2.45) is 5.73 Å². The van der Waals surface area contributed by atoms with Gasteiger partial charge in [-0.15, -0.1) is 12.4 Å². The third-order valence-electron chi connectivity index (χ3n) is 8.34. The van der Waals surface area contributed by atoms with Crippen LogP contribution in [0.5, 0.6) is 0 Å². The number of fused-ring (bicyclic) bond motifs is 2. The SMILES string of the molecule is CC(C)(N)C(=O)N[C@H](CCCc1ccccc1)C(=O)N1CCC2(CC1)CC(CCC(=O)O)c1ccccc12.Cl. The third kappa shape index (κ3) is 7.40. The fourth-order valence-corrected chi connectivity index (χ4v) is 6.19. The highest BCUT2D eigenvalue weighted by Gasteiger charge is 2.46. The topological polar surface area (TPSA) is 113 Å². The molecule has 2 atom stereocenters. The minimum atomic E-state index is -1.07. The van der Waals surface area contributed by atoms with Gasteiger partial charge in [-0.05, 0) is 86.8 Å². The molecule has 1 aliphatic heterocycles. The van der Waals surface area contributed by atoms with Gasteiger partial charge in [0.25, 0.3) is 0 Å². The molecule has 1 fully saturated rings. The number of nitrogens with two attached hydrogens (primary N) is 1. The molecular weight excluding hydrogens is 514 g/mol. The van der Waals surface area contributed by atoms with Crippen LogP contribution in [0, 0.1) is 0 Å². The lowest BCUT2D eigenvalue weighted by atomic mass is 9.73. The number of amides is 2. The van der Waals surface area contributed by atoms with E-state index in [4.69, 9.17) is 5.73 Å². The molecule has 0 bridgehead atoms. The highest BCUT2D eigenvalue weighted by molar-refractivity contribution is 5.91. The molecule has 1 aliphatic carbocycles. The first-order valence-corrected chi connectivity index (χ1v) is 13.8. The maximum absolute atomic E-state index is 13.7. The summed E-state index contributed by atoms with van der Waals surface area (Å²) in [5.41, 5.74) is 8.74.